The van der Waals surface area contributed by atoms with Gasteiger partial charge in [-0.2, -0.15) is 5.10 Å². The predicted octanol–water partition coefficient (Wildman–Crippen LogP) is 4.63. The third-order valence-corrected chi connectivity index (χ3v) is 6.70. The Bertz CT molecular complexity index is 1320. The number of hydrazone groups is 1. The number of amides is 1. The Kier molecular flexibility index (Phi) is 7.51. The lowest BCUT2D eigenvalue weighted by molar-refractivity contribution is -0.119. The molecule has 7 nitrogen and oxygen atoms in total. The van der Waals surface area contributed by atoms with E-state index in [-0.39, 0.29) is 10.7 Å². The lowest BCUT2D eigenvalue weighted by Crippen LogP contribution is -2.39. The number of sulfonamides is 1. The summed E-state index contributed by atoms with van der Waals surface area (Å²) in [6, 6.07) is 14.5. The largest absolute Gasteiger partial charge is 0.318 e. The van der Waals surface area contributed by atoms with Crippen molar-refractivity contribution >= 4 is 51.0 Å². The van der Waals surface area contributed by atoms with Gasteiger partial charge in [-0.05, 0) is 57.2 Å². The molecule has 0 aliphatic rings. The van der Waals surface area contributed by atoms with Crippen molar-refractivity contribution in [3.8, 4) is 5.69 Å². The highest BCUT2D eigenvalue weighted by Crippen LogP contribution is 2.30. The van der Waals surface area contributed by atoms with Gasteiger partial charge in [-0.3, -0.25) is 9.10 Å². The fraction of sp³-hybridized carbons (Fsp3) is 0.217. The van der Waals surface area contributed by atoms with Gasteiger partial charge in [0, 0.05) is 27.7 Å². The zero-order valence-corrected chi connectivity index (χ0v) is 21.0. The Morgan fingerprint density at radius 2 is 1.76 bits per heavy atom. The number of halogens is 2. The van der Waals surface area contributed by atoms with Crippen LogP contribution < -0.4 is 9.73 Å². The van der Waals surface area contributed by atoms with Gasteiger partial charge >= 0.3 is 0 Å². The number of hydrogen-bond acceptors (Lipinski definition) is 4. The summed E-state index contributed by atoms with van der Waals surface area (Å²) in [6.45, 7) is 5.48. The molecule has 3 rings (SSSR count). The molecule has 1 heterocycles. The number of carbonyl (C=O) groups excluding carboxylic acids is 1. The maximum atomic E-state index is 12.5. The van der Waals surface area contributed by atoms with Gasteiger partial charge in [0.05, 0.1) is 23.2 Å². The molecule has 0 unspecified atom stereocenters. The van der Waals surface area contributed by atoms with Gasteiger partial charge in [-0.15, -0.1) is 0 Å². The first-order valence-electron chi connectivity index (χ1n) is 9.98. The fourth-order valence-electron chi connectivity index (χ4n) is 3.41. The molecule has 10 heteroatoms. The van der Waals surface area contributed by atoms with E-state index in [0.717, 1.165) is 33.2 Å². The Balaban J connectivity index is 1.76. The molecule has 0 saturated heterocycles. The number of benzene rings is 2. The molecule has 0 spiro atoms. The summed E-state index contributed by atoms with van der Waals surface area (Å²) in [5, 5.41) is 4.47. The van der Waals surface area contributed by atoms with Crippen LogP contribution in [-0.2, 0) is 14.8 Å². The standard InChI is InChI=1S/C23H24Cl2N4O3S/c1-15-5-8-20(9-6-15)29-16(2)11-18(17(29)3)13-26-27-23(30)14-28(33(4,31)32)22-12-19(24)7-10-21(22)25/h5-13H,14H2,1-4H3,(H,27,30)/b26-13-. The second-order valence-electron chi connectivity index (χ2n) is 7.66. The van der Waals surface area contributed by atoms with Crippen molar-refractivity contribution in [1.29, 1.82) is 0 Å². The van der Waals surface area contributed by atoms with Crippen LogP contribution in [0, 0.1) is 20.8 Å². The van der Waals surface area contributed by atoms with Crippen molar-refractivity contribution in [2.45, 2.75) is 20.8 Å². The fourth-order valence-corrected chi connectivity index (χ4v) is 4.70. The van der Waals surface area contributed by atoms with Crippen molar-refractivity contribution in [2.75, 3.05) is 17.1 Å². The van der Waals surface area contributed by atoms with Crippen LogP contribution in [-0.4, -0.2) is 37.9 Å². The Morgan fingerprint density at radius 3 is 2.39 bits per heavy atom. The van der Waals surface area contributed by atoms with Gasteiger partial charge in [0.2, 0.25) is 10.0 Å². The van der Waals surface area contributed by atoms with E-state index in [9.17, 15) is 13.2 Å². The van der Waals surface area contributed by atoms with Crippen LogP contribution in [0.1, 0.15) is 22.5 Å². The number of nitrogens with one attached hydrogen (secondary N) is 1. The number of aromatic nitrogens is 1. The van der Waals surface area contributed by atoms with E-state index in [4.69, 9.17) is 23.2 Å². The normalized spacial score (nSPS) is 11.7. The first kappa shape index (κ1) is 24.8. The van der Waals surface area contributed by atoms with E-state index in [2.05, 4.69) is 15.1 Å². The zero-order valence-electron chi connectivity index (χ0n) is 18.6. The molecule has 0 radical (unpaired) electrons. The highest BCUT2D eigenvalue weighted by molar-refractivity contribution is 7.92. The van der Waals surface area contributed by atoms with Crippen molar-refractivity contribution < 1.29 is 13.2 Å². The number of hydrogen-bond donors (Lipinski definition) is 1. The second-order valence-corrected chi connectivity index (χ2v) is 10.4. The van der Waals surface area contributed by atoms with Gasteiger partial charge in [0.15, 0.2) is 0 Å². The third-order valence-electron chi connectivity index (χ3n) is 5.02. The minimum atomic E-state index is -3.80. The average Bonchev–Trinajstić information content (AvgIpc) is 3.01. The van der Waals surface area contributed by atoms with E-state index < -0.39 is 22.5 Å². The number of rotatable bonds is 7. The third kappa shape index (κ3) is 5.96. The van der Waals surface area contributed by atoms with Crippen LogP contribution in [0.2, 0.25) is 10.0 Å². The maximum Gasteiger partial charge on any atom is 0.260 e. The SMILES string of the molecule is Cc1ccc(-n2c(C)cc(/C=N\NC(=O)CN(c3cc(Cl)ccc3Cl)S(C)(=O)=O)c2C)cc1. The first-order chi connectivity index (χ1) is 15.5. The molecular formula is C23H24Cl2N4O3S. The first-order valence-corrected chi connectivity index (χ1v) is 12.6. The molecule has 0 atom stereocenters. The van der Waals surface area contributed by atoms with Gasteiger partial charge in [0.25, 0.3) is 5.91 Å². The van der Waals surface area contributed by atoms with Crippen molar-refractivity contribution in [3.05, 3.63) is 81.1 Å². The molecule has 3 aromatic rings. The van der Waals surface area contributed by atoms with Crippen LogP contribution in [0.3, 0.4) is 0 Å². The van der Waals surface area contributed by atoms with Crippen LogP contribution in [0.25, 0.3) is 5.69 Å². The number of anilines is 1. The van der Waals surface area contributed by atoms with Crippen molar-refractivity contribution in [3.63, 3.8) is 0 Å². The number of nitrogens with zero attached hydrogens (tertiary/aromatic N) is 3. The minimum absolute atomic E-state index is 0.118. The molecule has 0 saturated carbocycles. The molecule has 0 fully saturated rings. The summed E-state index contributed by atoms with van der Waals surface area (Å²) in [5.74, 6) is -0.625. The lowest BCUT2D eigenvalue weighted by Gasteiger charge is -2.22. The number of aryl methyl sites for hydroxylation is 2. The predicted molar refractivity (Wildman–Crippen MR) is 134 cm³/mol. The molecule has 1 amide bonds. The maximum absolute atomic E-state index is 12.5. The van der Waals surface area contributed by atoms with Gasteiger partial charge < -0.3 is 4.57 Å². The lowest BCUT2D eigenvalue weighted by atomic mass is 10.2. The van der Waals surface area contributed by atoms with Crippen LogP contribution in [0.15, 0.2) is 53.6 Å². The van der Waals surface area contributed by atoms with E-state index in [0.29, 0.717) is 5.02 Å². The van der Waals surface area contributed by atoms with E-state index >= 15 is 0 Å². The summed E-state index contributed by atoms with van der Waals surface area (Å²) >= 11 is 12.1. The average molecular weight is 507 g/mol. The van der Waals surface area contributed by atoms with E-state index in [1.54, 1.807) is 0 Å². The molecule has 1 N–H and O–H groups in total. The Labute approximate surface area is 203 Å². The Morgan fingerprint density at radius 1 is 1.09 bits per heavy atom. The van der Waals surface area contributed by atoms with Crippen LogP contribution in [0.4, 0.5) is 5.69 Å². The molecule has 33 heavy (non-hydrogen) atoms. The summed E-state index contributed by atoms with van der Waals surface area (Å²) in [7, 11) is -3.80. The van der Waals surface area contributed by atoms with Crippen LogP contribution in [0.5, 0.6) is 0 Å². The molecule has 0 aliphatic carbocycles. The monoisotopic (exact) mass is 506 g/mol. The van der Waals surface area contributed by atoms with Crippen LogP contribution >= 0.6 is 23.2 Å². The molecule has 2 aromatic carbocycles. The Hall–Kier alpha value is -2.81. The molecule has 0 aliphatic heterocycles. The quantitative estimate of drug-likeness (QED) is 0.374. The highest BCUT2D eigenvalue weighted by atomic mass is 35.5. The summed E-state index contributed by atoms with van der Waals surface area (Å²) in [5.41, 5.74) is 7.50. The summed E-state index contributed by atoms with van der Waals surface area (Å²) in [4.78, 5) is 12.5. The minimum Gasteiger partial charge on any atom is -0.318 e. The summed E-state index contributed by atoms with van der Waals surface area (Å²) < 4.78 is 27.5. The molecule has 174 valence electrons. The van der Waals surface area contributed by atoms with E-state index in [1.807, 2.05) is 51.1 Å². The smallest absolute Gasteiger partial charge is 0.260 e. The molecule has 1 aromatic heterocycles. The van der Waals surface area contributed by atoms with Crippen molar-refractivity contribution in [1.82, 2.24) is 9.99 Å². The second kappa shape index (κ2) is 9.99. The molecule has 0 bridgehead atoms. The molecular weight excluding hydrogens is 483 g/mol. The summed E-state index contributed by atoms with van der Waals surface area (Å²) in [6.07, 6.45) is 2.52. The topological polar surface area (TPSA) is 83.8 Å². The zero-order chi connectivity index (χ0) is 24.3. The van der Waals surface area contributed by atoms with Crippen molar-refractivity contribution in [2.24, 2.45) is 5.10 Å². The van der Waals surface area contributed by atoms with Gasteiger partial charge in [-0.25, -0.2) is 13.8 Å². The highest BCUT2D eigenvalue weighted by Gasteiger charge is 2.23. The van der Waals surface area contributed by atoms with Gasteiger partial charge in [0.1, 0.15) is 6.54 Å². The van der Waals surface area contributed by atoms with Gasteiger partial charge in [-0.1, -0.05) is 40.9 Å². The van der Waals surface area contributed by atoms with E-state index in [1.165, 1.54) is 30.0 Å². The number of carbonyl (C=O) groups is 1.